The molecule has 1 aliphatic carbocycles. The predicted octanol–water partition coefficient (Wildman–Crippen LogP) is 3.53. The lowest BCUT2D eigenvalue weighted by Gasteiger charge is -2.06. The zero-order valence-corrected chi connectivity index (χ0v) is 10.8. The normalized spacial score (nSPS) is 13.6. The van der Waals surface area contributed by atoms with Gasteiger partial charge in [-0.05, 0) is 29.2 Å². The molecule has 0 bridgehead atoms. The molecule has 0 amide bonds. The quantitative estimate of drug-likeness (QED) is 0.832. The molecule has 0 saturated heterocycles. The first-order valence-corrected chi connectivity index (χ1v) is 6.59. The number of benzene rings is 2. The lowest BCUT2D eigenvalue weighted by atomic mass is 10.1. The van der Waals surface area contributed by atoms with E-state index in [0.29, 0.717) is 19.6 Å². The second-order valence-corrected chi connectivity index (χ2v) is 4.89. The van der Waals surface area contributed by atoms with Gasteiger partial charge in [0.25, 0.3) is 0 Å². The van der Waals surface area contributed by atoms with E-state index in [1.54, 1.807) is 0 Å². The van der Waals surface area contributed by atoms with Gasteiger partial charge in [-0.25, -0.2) is 0 Å². The van der Waals surface area contributed by atoms with E-state index in [1.165, 1.54) is 11.1 Å². The summed E-state index contributed by atoms with van der Waals surface area (Å²) in [5, 5.41) is 0. The molecule has 0 radical (unpaired) electrons. The van der Waals surface area contributed by atoms with Crippen LogP contribution in [-0.2, 0) is 24.4 Å². The van der Waals surface area contributed by atoms with Gasteiger partial charge in [0, 0.05) is 12.0 Å². The minimum Gasteiger partial charge on any atom is -0.372 e. The van der Waals surface area contributed by atoms with Crippen LogP contribution in [0.1, 0.15) is 33.5 Å². The highest BCUT2D eigenvalue weighted by Gasteiger charge is 2.19. The molecular formula is C17H16O2. The molecule has 3 rings (SSSR count). The van der Waals surface area contributed by atoms with Crippen LogP contribution < -0.4 is 0 Å². The SMILES string of the molecule is O=C1CCc2ccc(COCc3ccccc3)cc21. The summed E-state index contributed by atoms with van der Waals surface area (Å²) in [6.07, 6.45) is 1.54. The van der Waals surface area contributed by atoms with Crippen molar-refractivity contribution < 1.29 is 9.53 Å². The fourth-order valence-corrected chi connectivity index (χ4v) is 2.43. The van der Waals surface area contributed by atoms with Crippen LogP contribution in [0.3, 0.4) is 0 Å². The number of aryl methyl sites for hydroxylation is 1. The summed E-state index contributed by atoms with van der Waals surface area (Å²) in [6, 6.07) is 16.2. The Labute approximate surface area is 113 Å². The van der Waals surface area contributed by atoms with Crippen LogP contribution in [0.2, 0.25) is 0 Å². The number of carbonyl (C=O) groups is 1. The average molecular weight is 252 g/mol. The Bertz CT molecular complexity index is 587. The summed E-state index contributed by atoms with van der Waals surface area (Å²) in [5.74, 6) is 0.264. The Morgan fingerprint density at radius 2 is 1.68 bits per heavy atom. The molecule has 0 spiro atoms. The van der Waals surface area contributed by atoms with Crippen molar-refractivity contribution >= 4 is 5.78 Å². The highest BCUT2D eigenvalue weighted by molar-refractivity contribution is 6.00. The number of rotatable bonds is 4. The molecule has 2 aromatic carbocycles. The van der Waals surface area contributed by atoms with Crippen molar-refractivity contribution in [2.75, 3.05) is 0 Å². The summed E-state index contributed by atoms with van der Waals surface area (Å²) < 4.78 is 5.69. The van der Waals surface area contributed by atoms with Crippen LogP contribution in [0.4, 0.5) is 0 Å². The molecule has 0 aromatic heterocycles. The summed E-state index contributed by atoms with van der Waals surface area (Å²) in [6.45, 7) is 1.15. The van der Waals surface area contributed by atoms with Crippen molar-refractivity contribution in [3.63, 3.8) is 0 Å². The van der Waals surface area contributed by atoms with Gasteiger partial charge in [-0.2, -0.15) is 0 Å². The standard InChI is InChI=1S/C17H16O2/c18-17-9-8-15-7-6-14(10-16(15)17)12-19-11-13-4-2-1-3-5-13/h1-7,10H,8-9,11-12H2. The molecule has 0 heterocycles. The molecule has 0 unspecified atom stereocenters. The van der Waals surface area contributed by atoms with Gasteiger partial charge in [-0.3, -0.25) is 4.79 Å². The Morgan fingerprint density at radius 3 is 2.53 bits per heavy atom. The second kappa shape index (κ2) is 5.37. The first-order valence-electron chi connectivity index (χ1n) is 6.59. The molecule has 0 atom stereocenters. The first-order chi connectivity index (χ1) is 9.33. The number of fused-ring (bicyclic) bond motifs is 1. The average Bonchev–Trinajstić information content (AvgIpc) is 2.82. The fraction of sp³-hybridized carbons (Fsp3) is 0.235. The van der Waals surface area contributed by atoms with E-state index in [2.05, 4.69) is 12.1 Å². The van der Waals surface area contributed by atoms with E-state index in [-0.39, 0.29) is 5.78 Å². The Kier molecular flexibility index (Phi) is 3.43. The predicted molar refractivity (Wildman–Crippen MR) is 74.0 cm³/mol. The van der Waals surface area contributed by atoms with E-state index in [0.717, 1.165) is 17.5 Å². The summed E-state index contributed by atoms with van der Waals surface area (Å²) in [7, 11) is 0. The lowest BCUT2D eigenvalue weighted by molar-refractivity contribution is 0.0992. The summed E-state index contributed by atoms with van der Waals surface area (Å²) in [5.41, 5.74) is 4.31. The van der Waals surface area contributed by atoms with Crippen LogP contribution in [0.25, 0.3) is 0 Å². The van der Waals surface area contributed by atoms with E-state index in [1.807, 2.05) is 36.4 Å². The third-order valence-electron chi connectivity index (χ3n) is 3.48. The number of ether oxygens (including phenoxy) is 1. The van der Waals surface area contributed by atoms with Gasteiger partial charge in [0.15, 0.2) is 5.78 Å². The number of ketones is 1. The van der Waals surface area contributed by atoms with Crippen LogP contribution in [-0.4, -0.2) is 5.78 Å². The molecule has 0 saturated carbocycles. The molecule has 0 fully saturated rings. The van der Waals surface area contributed by atoms with Crippen LogP contribution in [0, 0.1) is 0 Å². The lowest BCUT2D eigenvalue weighted by Crippen LogP contribution is -1.97. The number of carbonyl (C=O) groups excluding carboxylic acids is 1. The van der Waals surface area contributed by atoms with Crippen molar-refractivity contribution in [2.24, 2.45) is 0 Å². The minimum atomic E-state index is 0.264. The van der Waals surface area contributed by atoms with E-state index >= 15 is 0 Å². The third kappa shape index (κ3) is 2.74. The molecule has 1 aliphatic rings. The van der Waals surface area contributed by atoms with Crippen molar-refractivity contribution in [2.45, 2.75) is 26.1 Å². The summed E-state index contributed by atoms with van der Waals surface area (Å²) in [4.78, 5) is 11.7. The molecule has 2 nitrogen and oxygen atoms in total. The van der Waals surface area contributed by atoms with Crippen LogP contribution >= 0.6 is 0 Å². The van der Waals surface area contributed by atoms with Crippen molar-refractivity contribution in [3.05, 3.63) is 70.8 Å². The summed E-state index contributed by atoms with van der Waals surface area (Å²) >= 11 is 0. The smallest absolute Gasteiger partial charge is 0.163 e. The van der Waals surface area contributed by atoms with E-state index in [4.69, 9.17) is 4.74 Å². The molecular weight excluding hydrogens is 236 g/mol. The zero-order chi connectivity index (χ0) is 13.1. The Hall–Kier alpha value is -1.93. The van der Waals surface area contributed by atoms with Gasteiger partial charge in [0.1, 0.15) is 0 Å². The maximum absolute atomic E-state index is 11.7. The second-order valence-electron chi connectivity index (χ2n) is 4.89. The van der Waals surface area contributed by atoms with Gasteiger partial charge in [-0.1, -0.05) is 42.5 Å². The minimum absolute atomic E-state index is 0.264. The highest BCUT2D eigenvalue weighted by Crippen LogP contribution is 2.23. The highest BCUT2D eigenvalue weighted by atomic mass is 16.5. The maximum atomic E-state index is 11.7. The molecule has 2 heteroatoms. The van der Waals surface area contributed by atoms with Gasteiger partial charge in [-0.15, -0.1) is 0 Å². The fourth-order valence-electron chi connectivity index (χ4n) is 2.43. The topological polar surface area (TPSA) is 26.3 Å². The van der Waals surface area contributed by atoms with Crippen molar-refractivity contribution in [3.8, 4) is 0 Å². The molecule has 96 valence electrons. The number of Topliss-reactive ketones (excluding diaryl/α,β-unsaturated/α-hetero) is 1. The number of hydrogen-bond donors (Lipinski definition) is 0. The first kappa shape index (κ1) is 12.1. The largest absolute Gasteiger partial charge is 0.372 e. The maximum Gasteiger partial charge on any atom is 0.163 e. The van der Waals surface area contributed by atoms with Crippen LogP contribution in [0.15, 0.2) is 48.5 Å². The van der Waals surface area contributed by atoms with Crippen molar-refractivity contribution in [1.82, 2.24) is 0 Å². The van der Waals surface area contributed by atoms with Crippen molar-refractivity contribution in [1.29, 1.82) is 0 Å². The van der Waals surface area contributed by atoms with Crippen LogP contribution in [0.5, 0.6) is 0 Å². The number of hydrogen-bond acceptors (Lipinski definition) is 2. The molecule has 0 N–H and O–H groups in total. The van der Waals surface area contributed by atoms with E-state index < -0.39 is 0 Å². The van der Waals surface area contributed by atoms with Gasteiger partial charge in [0.05, 0.1) is 13.2 Å². The Morgan fingerprint density at radius 1 is 0.895 bits per heavy atom. The van der Waals surface area contributed by atoms with E-state index in [9.17, 15) is 4.79 Å². The molecule has 2 aromatic rings. The van der Waals surface area contributed by atoms with Gasteiger partial charge >= 0.3 is 0 Å². The zero-order valence-electron chi connectivity index (χ0n) is 10.8. The Balaban J connectivity index is 1.62. The molecule has 0 aliphatic heterocycles. The molecule has 19 heavy (non-hydrogen) atoms. The van der Waals surface area contributed by atoms with Gasteiger partial charge < -0.3 is 4.74 Å². The monoisotopic (exact) mass is 252 g/mol. The third-order valence-corrected chi connectivity index (χ3v) is 3.48. The van der Waals surface area contributed by atoms with Gasteiger partial charge in [0.2, 0.25) is 0 Å².